The van der Waals surface area contributed by atoms with E-state index < -0.39 is 23.7 Å². The van der Waals surface area contributed by atoms with Gasteiger partial charge in [-0.05, 0) is 124 Å². The predicted octanol–water partition coefficient (Wildman–Crippen LogP) is 6.60. The number of nitrogens with zero attached hydrogens (tertiary/aromatic N) is 2. The van der Waals surface area contributed by atoms with Gasteiger partial charge in [-0.2, -0.15) is 9.97 Å². The van der Waals surface area contributed by atoms with Gasteiger partial charge in [-0.1, -0.05) is 36.4 Å². The highest BCUT2D eigenvalue weighted by Gasteiger charge is 2.34. The number of aromatic nitrogens is 2. The molecule has 2 aromatic heterocycles. The fourth-order valence-electron chi connectivity index (χ4n) is 6.89. The number of carboxylic acids is 1. The first-order valence-electron chi connectivity index (χ1n) is 17.8. The lowest BCUT2D eigenvalue weighted by atomic mass is 9.91. The highest BCUT2D eigenvalue weighted by Crippen LogP contribution is 2.46. The van der Waals surface area contributed by atoms with E-state index in [9.17, 15) is 20.1 Å². The number of ether oxygens (including phenoxy) is 4. The van der Waals surface area contributed by atoms with Gasteiger partial charge in [0, 0.05) is 29.8 Å². The Morgan fingerprint density at radius 2 is 1.22 bits per heavy atom. The summed E-state index contributed by atoms with van der Waals surface area (Å²) in [6.45, 7) is 5.28. The van der Waals surface area contributed by atoms with Crippen LogP contribution in [0, 0.1) is 0 Å². The molecule has 14 heteroatoms. The minimum atomic E-state index is -1.52. The van der Waals surface area contributed by atoms with Crippen molar-refractivity contribution in [1.29, 1.82) is 0 Å². The maximum absolute atomic E-state index is 11.7. The molecule has 54 heavy (non-hydrogen) atoms. The van der Waals surface area contributed by atoms with Crippen LogP contribution in [0.3, 0.4) is 0 Å². The summed E-state index contributed by atoms with van der Waals surface area (Å²) in [5.41, 5.74) is 6.60. The molecule has 0 aliphatic heterocycles. The van der Waals surface area contributed by atoms with Crippen LogP contribution in [-0.2, 0) is 30.7 Å². The normalized spacial score (nSPS) is 17.4. The van der Waals surface area contributed by atoms with E-state index in [1.165, 1.54) is 36.3 Å². The van der Waals surface area contributed by atoms with Crippen LogP contribution in [0.5, 0.6) is 23.5 Å². The molecule has 0 bridgehead atoms. The second-order valence-corrected chi connectivity index (χ2v) is 16.2. The molecule has 2 heterocycles. The fourth-order valence-corrected chi connectivity index (χ4v) is 7.81. The molecule has 3 atom stereocenters. The quantitative estimate of drug-likeness (QED) is 0.0821. The number of methoxy groups -OCH3 is 2. The molecule has 4 aromatic rings. The predicted molar refractivity (Wildman–Crippen MR) is 210 cm³/mol. The van der Waals surface area contributed by atoms with E-state index in [0.29, 0.717) is 40.1 Å². The van der Waals surface area contributed by atoms with Crippen molar-refractivity contribution in [3.63, 3.8) is 0 Å². The van der Waals surface area contributed by atoms with Crippen LogP contribution >= 0.6 is 31.9 Å². The Labute approximate surface area is 331 Å². The van der Waals surface area contributed by atoms with Gasteiger partial charge in [-0.3, -0.25) is 10.1 Å². The van der Waals surface area contributed by atoms with Gasteiger partial charge in [0.15, 0.2) is 0 Å². The number of aliphatic hydroxyl groups excluding tert-OH is 2. The van der Waals surface area contributed by atoms with Crippen molar-refractivity contribution in [2.24, 2.45) is 0 Å². The van der Waals surface area contributed by atoms with Crippen molar-refractivity contribution in [3.8, 4) is 34.6 Å². The Morgan fingerprint density at radius 3 is 1.63 bits per heavy atom. The van der Waals surface area contributed by atoms with E-state index in [4.69, 9.17) is 23.9 Å². The van der Waals surface area contributed by atoms with Crippen molar-refractivity contribution in [2.45, 2.75) is 82.8 Å². The number of carbonyl (C=O) groups is 1. The minimum absolute atomic E-state index is 0.000565. The average molecular weight is 871 g/mol. The molecule has 2 aromatic carbocycles. The standard InChI is InChI=1S/C40H46Br2N4O8/c1-39(2,20-47)43-18-22-16-30(41)36(45-34(22)51-4)53-32-14-12-26-24(8-6-10-28(26)32)25-9-7-11-29-27(25)13-15-33(29)54-37-31(42)17-23(35(46-37)52-5)19-44-40(3,21-48)38(49)50/h6-11,16-17,32-33,43-44,47-48H,12-15,18-21H2,1-5H3,(H,49,50)/t32-,33-,40-/m0/s1. The van der Waals surface area contributed by atoms with Crippen LogP contribution < -0.4 is 29.6 Å². The molecule has 12 nitrogen and oxygen atoms in total. The van der Waals surface area contributed by atoms with E-state index in [2.05, 4.69) is 83.9 Å². The number of benzene rings is 2. The highest BCUT2D eigenvalue weighted by molar-refractivity contribution is 9.10. The summed E-state index contributed by atoms with van der Waals surface area (Å²) in [4.78, 5) is 21.0. The third-order valence-electron chi connectivity index (χ3n) is 10.2. The number of carboxylic acid groups (broad SMARTS) is 1. The maximum atomic E-state index is 11.7. The highest BCUT2D eigenvalue weighted by atomic mass is 79.9. The second-order valence-electron chi connectivity index (χ2n) is 14.5. The summed E-state index contributed by atoms with van der Waals surface area (Å²) in [6, 6.07) is 16.5. The van der Waals surface area contributed by atoms with Gasteiger partial charge in [0.05, 0.1) is 36.4 Å². The summed E-state index contributed by atoms with van der Waals surface area (Å²) >= 11 is 7.27. The minimum Gasteiger partial charge on any atom is -0.481 e. The molecule has 0 fully saturated rings. The van der Waals surface area contributed by atoms with Crippen molar-refractivity contribution < 1.29 is 39.1 Å². The number of pyridine rings is 2. The molecule has 288 valence electrons. The van der Waals surface area contributed by atoms with E-state index in [1.54, 1.807) is 13.2 Å². The molecule has 0 spiro atoms. The summed E-state index contributed by atoms with van der Waals surface area (Å²) in [7, 11) is 3.09. The van der Waals surface area contributed by atoms with Crippen molar-refractivity contribution in [1.82, 2.24) is 20.6 Å². The van der Waals surface area contributed by atoms with Gasteiger partial charge >= 0.3 is 5.97 Å². The van der Waals surface area contributed by atoms with Gasteiger partial charge in [-0.25, -0.2) is 0 Å². The Hall–Kier alpha value is -3.79. The molecule has 0 saturated carbocycles. The molecule has 0 radical (unpaired) electrons. The molecule has 2 aliphatic carbocycles. The first-order valence-corrected chi connectivity index (χ1v) is 19.4. The lowest BCUT2D eigenvalue weighted by molar-refractivity contribution is -0.145. The molecule has 0 saturated heterocycles. The smallest absolute Gasteiger partial charge is 0.326 e. The third kappa shape index (κ3) is 8.24. The van der Waals surface area contributed by atoms with Gasteiger partial charge < -0.3 is 39.6 Å². The zero-order valence-electron chi connectivity index (χ0n) is 31.0. The molecule has 2 aliphatic rings. The molecular weight excluding hydrogens is 824 g/mol. The van der Waals surface area contributed by atoms with Gasteiger partial charge in [0.2, 0.25) is 23.5 Å². The first-order chi connectivity index (χ1) is 25.8. The number of rotatable bonds is 16. The summed E-state index contributed by atoms with van der Waals surface area (Å²) in [5, 5.41) is 35.0. The Balaban J connectivity index is 1.21. The third-order valence-corrected chi connectivity index (χ3v) is 11.3. The number of fused-ring (bicyclic) bond motifs is 2. The summed E-state index contributed by atoms with van der Waals surface area (Å²) in [6.07, 6.45) is 2.84. The number of hydrogen-bond donors (Lipinski definition) is 5. The lowest BCUT2D eigenvalue weighted by Crippen LogP contribution is -2.52. The van der Waals surface area contributed by atoms with Crippen LogP contribution in [0.4, 0.5) is 0 Å². The van der Waals surface area contributed by atoms with E-state index in [1.807, 2.05) is 19.9 Å². The molecule has 0 amide bonds. The topological polar surface area (TPSA) is 165 Å². The SMILES string of the molecule is COc1nc(O[C@H]2CCc3c(-c4cccc5c4CC[C@@H]5Oc4nc(OC)c(CN[C@@](C)(CO)C(=O)O)cc4Br)cccc32)c(Br)cc1CNC(C)(C)CO. The van der Waals surface area contributed by atoms with Crippen LogP contribution in [0.15, 0.2) is 57.5 Å². The van der Waals surface area contributed by atoms with Crippen molar-refractivity contribution in [2.75, 3.05) is 27.4 Å². The van der Waals surface area contributed by atoms with Gasteiger partial charge in [0.1, 0.15) is 17.7 Å². The van der Waals surface area contributed by atoms with Gasteiger partial charge in [0.25, 0.3) is 0 Å². The summed E-state index contributed by atoms with van der Waals surface area (Å²) in [5.74, 6) is 0.437. The number of nitrogens with one attached hydrogen (secondary N) is 2. The van der Waals surface area contributed by atoms with E-state index in [0.717, 1.165) is 46.8 Å². The lowest BCUT2D eigenvalue weighted by Gasteiger charge is -2.24. The van der Waals surface area contributed by atoms with Crippen molar-refractivity contribution >= 4 is 37.8 Å². The van der Waals surface area contributed by atoms with Crippen molar-refractivity contribution in [3.05, 3.63) is 90.9 Å². The average Bonchev–Trinajstić information content (AvgIpc) is 3.78. The van der Waals surface area contributed by atoms with Crippen LogP contribution in [0.25, 0.3) is 11.1 Å². The largest absolute Gasteiger partial charge is 0.481 e. The molecular formula is C40H46Br2N4O8. The zero-order chi connectivity index (χ0) is 38.8. The Kier molecular flexibility index (Phi) is 12.2. The maximum Gasteiger partial charge on any atom is 0.326 e. The molecule has 5 N–H and O–H groups in total. The number of hydrogen-bond acceptors (Lipinski definition) is 11. The van der Waals surface area contributed by atoms with Crippen LogP contribution in [0.2, 0.25) is 0 Å². The Bertz CT molecular complexity index is 2030. The monoisotopic (exact) mass is 868 g/mol. The number of aliphatic carboxylic acids is 1. The van der Waals surface area contributed by atoms with Gasteiger partial charge in [-0.15, -0.1) is 0 Å². The van der Waals surface area contributed by atoms with E-state index >= 15 is 0 Å². The number of aliphatic hydroxyl groups is 2. The van der Waals surface area contributed by atoms with Crippen LogP contribution in [0.1, 0.15) is 79.2 Å². The summed E-state index contributed by atoms with van der Waals surface area (Å²) < 4.78 is 25.6. The molecule has 0 unspecified atom stereocenters. The Morgan fingerprint density at radius 1 is 0.759 bits per heavy atom. The fraction of sp³-hybridized carbons (Fsp3) is 0.425. The van der Waals surface area contributed by atoms with Crippen LogP contribution in [-0.4, -0.2) is 69.8 Å². The van der Waals surface area contributed by atoms with E-state index in [-0.39, 0.29) is 25.4 Å². The number of halogens is 2. The zero-order valence-corrected chi connectivity index (χ0v) is 34.1. The molecule has 6 rings (SSSR count). The second kappa shape index (κ2) is 16.5. The first kappa shape index (κ1) is 39.9.